The van der Waals surface area contributed by atoms with Gasteiger partial charge in [0.1, 0.15) is 0 Å². The molecule has 1 nitrogen and oxygen atoms in total. The Hall–Kier alpha value is -0.243. The lowest BCUT2D eigenvalue weighted by molar-refractivity contribution is 0.351. The molecule has 0 amide bonds. The summed E-state index contributed by atoms with van der Waals surface area (Å²) in [6.07, 6.45) is 6.54. The third-order valence-corrected chi connectivity index (χ3v) is 3.55. The van der Waals surface area contributed by atoms with Crippen molar-refractivity contribution in [2.24, 2.45) is 11.8 Å². The van der Waals surface area contributed by atoms with E-state index >= 15 is 0 Å². The molecule has 2 bridgehead atoms. The van der Waals surface area contributed by atoms with Gasteiger partial charge in [-0.1, -0.05) is 0 Å². The molecule has 68 valence electrons. The predicted molar refractivity (Wildman–Crippen MR) is 53.3 cm³/mol. The Kier molecular flexibility index (Phi) is 1.83. The molecule has 2 aliphatic rings. The summed E-state index contributed by atoms with van der Waals surface area (Å²) in [5.74, 6) is 2.99. The molecule has 2 aliphatic carbocycles. The monoisotopic (exact) mass is 182 g/mol. The minimum absolute atomic E-state index is 0.793. The molecule has 0 aromatic heterocycles. The van der Waals surface area contributed by atoms with Crippen LogP contribution in [0.5, 0.6) is 0 Å². The largest absolute Gasteiger partial charge is 0.547 e. The van der Waals surface area contributed by atoms with Gasteiger partial charge in [0.15, 0.2) is 0 Å². The molecule has 0 N–H and O–H groups in total. The summed E-state index contributed by atoms with van der Waals surface area (Å²) in [7, 11) is -1.33. The van der Waals surface area contributed by atoms with Gasteiger partial charge >= 0.3 is 0 Å². The van der Waals surface area contributed by atoms with Gasteiger partial charge in [0.25, 0.3) is 0 Å². The SMILES string of the molecule is C[Si](C)(C)OC1=C[C@@H]2CC[C@H]1C2. The van der Waals surface area contributed by atoms with Crippen LogP contribution in [-0.2, 0) is 4.43 Å². The molecule has 0 radical (unpaired) electrons. The van der Waals surface area contributed by atoms with Crippen molar-refractivity contribution in [1.29, 1.82) is 0 Å². The van der Waals surface area contributed by atoms with Crippen molar-refractivity contribution in [3.8, 4) is 0 Å². The first-order valence-electron chi connectivity index (χ1n) is 4.95. The molecule has 0 unspecified atom stereocenters. The van der Waals surface area contributed by atoms with Crippen LogP contribution in [0.25, 0.3) is 0 Å². The summed E-state index contributed by atoms with van der Waals surface area (Å²) in [5, 5.41) is 0. The maximum atomic E-state index is 6.03. The number of rotatable bonds is 2. The second-order valence-electron chi connectivity index (χ2n) is 5.05. The fraction of sp³-hybridized carbons (Fsp3) is 0.800. The standard InChI is InChI=1S/C10H18OSi/c1-12(2,3)11-10-7-8-4-5-9(10)6-8/h7-9H,4-6H2,1-3H3/t8-,9+/m1/s1. The van der Waals surface area contributed by atoms with Crippen LogP contribution in [0, 0.1) is 11.8 Å². The predicted octanol–water partition coefficient (Wildman–Crippen LogP) is 3.15. The van der Waals surface area contributed by atoms with Gasteiger partial charge in [-0.05, 0) is 50.9 Å². The zero-order valence-corrected chi connectivity index (χ0v) is 9.26. The van der Waals surface area contributed by atoms with Gasteiger partial charge in [0, 0.05) is 5.92 Å². The smallest absolute Gasteiger partial charge is 0.241 e. The van der Waals surface area contributed by atoms with Crippen molar-refractivity contribution in [2.75, 3.05) is 0 Å². The molecule has 0 aromatic rings. The Balaban J connectivity index is 2.02. The summed E-state index contributed by atoms with van der Waals surface area (Å²) >= 11 is 0. The van der Waals surface area contributed by atoms with Crippen LogP contribution in [0.3, 0.4) is 0 Å². The minimum Gasteiger partial charge on any atom is -0.547 e. The lowest BCUT2D eigenvalue weighted by Gasteiger charge is -2.24. The number of hydrogen-bond acceptors (Lipinski definition) is 1. The van der Waals surface area contributed by atoms with Crippen molar-refractivity contribution in [3.63, 3.8) is 0 Å². The lowest BCUT2D eigenvalue weighted by Crippen LogP contribution is -2.26. The van der Waals surface area contributed by atoms with Gasteiger partial charge in [-0.3, -0.25) is 0 Å². The summed E-state index contributed by atoms with van der Waals surface area (Å²) < 4.78 is 6.03. The maximum absolute atomic E-state index is 6.03. The number of allylic oxidation sites excluding steroid dienone is 2. The lowest BCUT2D eigenvalue weighted by atomic mass is 10.1. The second-order valence-corrected chi connectivity index (χ2v) is 9.48. The topological polar surface area (TPSA) is 9.23 Å². The van der Waals surface area contributed by atoms with E-state index in [2.05, 4.69) is 25.7 Å². The van der Waals surface area contributed by atoms with Crippen LogP contribution < -0.4 is 0 Å². The second kappa shape index (κ2) is 2.62. The quantitative estimate of drug-likeness (QED) is 0.596. The van der Waals surface area contributed by atoms with E-state index in [4.69, 9.17) is 4.43 Å². The Morgan fingerprint density at radius 1 is 1.33 bits per heavy atom. The molecule has 0 saturated heterocycles. The zero-order valence-electron chi connectivity index (χ0n) is 8.26. The molecule has 1 saturated carbocycles. The van der Waals surface area contributed by atoms with Gasteiger partial charge < -0.3 is 4.43 Å². The molecule has 12 heavy (non-hydrogen) atoms. The van der Waals surface area contributed by atoms with Crippen molar-refractivity contribution >= 4 is 8.32 Å². The van der Waals surface area contributed by atoms with Gasteiger partial charge in [0.2, 0.25) is 8.32 Å². The van der Waals surface area contributed by atoms with Crippen LogP contribution >= 0.6 is 0 Å². The summed E-state index contributed by atoms with van der Waals surface area (Å²) in [5.41, 5.74) is 0. The summed E-state index contributed by atoms with van der Waals surface area (Å²) in [6, 6.07) is 0. The highest BCUT2D eigenvalue weighted by molar-refractivity contribution is 6.70. The van der Waals surface area contributed by atoms with Gasteiger partial charge in [-0.25, -0.2) is 0 Å². The van der Waals surface area contributed by atoms with E-state index in [1.54, 1.807) is 0 Å². The molecule has 2 atom stereocenters. The third kappa shape index (κ3) is 1.58. The fourth-order valence-electron chi connectivity index (χ4n) is 2.27. The molecular formula is C10H18OSi. The molecule has 0 spiro atoms. The van der Waals surface area contributed by atoms with E-state index in [1.807, 2.05) is 0 Å². The highest BCUT2D eigenvalue weighted by Crippen LogP contribution is 2.44. The first-order chi connectivity index (χ1) is 5.54. The Morgan fingerprint density at radius 3 is 2.50 bits per heavy atom. The molecule has 1 fully saturated rings. The van der Waals surface area contributed by atoms with Crippen molar-refractivity contribution in [1.82, 2.24) is 0 Å². The zero-order chi connectivity index (χ0) is 8.77. The molecule has 0 heterocycles. The van der Waals surface area contributed by atoms with Gasteiger partial charge in [-0.15, -0.1) is 0 Å². The van der Waals surface area contributed by atoms with E-state index < -0.39 is 8.32 Å². The normalized spacial score (nSPS) is 33.8. The molecule has 0 aromatic carbocycles. The minimum atomic E-state index is -1.33. The van der Waals surface area contributed by atoms with E-state index in [0.29, 0.717) is 0 Å². The summed E-state index contributed by atoms with van der Waals surface area (Å²) in [6.45, 7) is 6.79. The Morgan fingerprint density at radius 2 is 2.08 bits per heavy atom. The summed E-state index contributed by atoms with van der Waals surface area (Å²) in [4.78, 5) is 0. The van der Waals surface area contributed by atoms with Gasteiger partial charge in [-0.2, -0.15) is 0 Å². The average molecular weight is 182 g/mol. The highest BCUT2D eigenvalue weighted by atomic mass is 28.4. The van der Waals surface area contributed by atoms with Crippen LogP contribution in [0.2, 0.25) is 19.6 Å². The Labute approximate surface area is 75.9 Å². The molecular weight excluding hydrogens is 164 g/mol. The fourth-order valence-corrected chi connectivity index (χ4v) is 3.21. The van der Waals surface area contributed by atoms with Crippen LogP contribution in [-0.4, -0.2) is 8.32 Å². The van der Waals surface area contributed by atoms with Crippen LogP contribution in [0.4, 0.5) is 0 Å². The van der Waals surface area contributed by atoms with Crippen LogP contribution in [0.1, 0.15) is 19.3 Å². The Bertz CT molecular complexity index is 214. The number of hydrogen-bond donors (Lipinski definition) is 0. The molecule has 2 rings (SSSR count). The highest BCUT2D eigenvalue weighted by Gasteiger charge is 2.35. The van der Waals surface area contributed by atoms with E-state index in [-0.39, 0.29) is 0 Å². The van der Waals surface area contributed by atoms with Crippen molar-refractivity contribution in [3.05, 3.63) is 11.8 Å². The first-order valence-corrected chi connectivity index (χ1v) is 8.36. The van der Waals surface area contributed by atoms with Crippen molar-refractivity contribution in [2.45, 2.75) is 38.9 Å². The van der Waals surface area contributed by atoms with E-state index in [1.165, 1.54) is 25.0 Å². The molecule has 0 aliphatic heterocycles. The number of fused-ring (bicyclic) bond motifs is 2. The third-order valence-electron chi connectivity index (χ3n) is 2.70. The van der Waals surface area contributed by atoms with Gasteiger partial charge in [0.05, 0.1) is 5.76 Å². The van der Waals surface area contributed by atoms with E-state index in [9.17, 15) is 0 Å². The van der Waals surface area contributed by atoms with E-state index in [0.717, 1.165) is 11.8 Å². The van der Waals surface area contributed by atoms with Crippen LogP contribution in [0.15, 0.2) is 11.8 Å². The average Bonchev–Trinajstić information content (AvgIpc) is 2.42. The first kappa shape index (κ1) is 8.36. The van der Waals surface area contributed by atoms with Crippen molar-refractivity contribution < 1.29 is 4.43 Å². The molecule has 2 heteroatoms. The maximum Gasteiger partial charge on any atom is 0.241 e.